The van der Waals surface area contributed by atoms with Crippen LogP contribution in [0.4, 0.5) is 5.69 Å². The fourth-order valence-electron chi connectivity index (χ4n) is 4.15. The third kappa shape index (κ3) is 4.74. The van der Waals surface area contributed by atoms with Gasteiger partial charge in [-0.15, -0.1) is 0 Å². The minimum Gasteiger partial charge on any atom is -0.494 e. The van der Waals surface area contributed by atoms with Gasteiger partial charge >= 0.3 is 0 Å². The van der Waals surface area contributed by atoms with E-state index in [0.29, 0.717) is 13.2 Å². The molecule has 1 aliphatic rings. The van der Waals surface area contributed by atoms with Gasteiger partial charge in [0, 0.05) is 43.1 Å². The van der Waals surface area contributed by atoms with Crippen molar-refractivity contribution in [2.24, 2.45) is 0 Å². The SMILES string of the molecule is CCOc1ccc(-c2ccccc2N2CCN(C(=O)Cn3nc(C)cc3C)CC2)cc1. The average Bonchev–Trinajstić information content (AvgIpc) is 3.11. The van der Waals surface area contributed by atoms with E-state index >= 15 is 0 Å². The van der Waals surface area contributed by atoms with E-state index in [1.54, 1.807) is 4.68 Å². The lowest BCUT2D eigenvalue weighted by molar-refractivity contribution is -0.132. The summed E-state index contributed by atoms with van der Waals surface area (Å²) >= 11 is 0. The summed E-state index contributed by atoms with van der Waals surface area (Å²) in [6, 6.07) is 18.7. The van der Waals surface area contributed by atoms with Crippen LogP contribution in [0.5, 0.6) is 5.75 Å². The van der Waals surface area contributed by atoms with Gasteiger partial charge in [-0.05, 0) is 50.6 Å². The fraction of sp³-hybridized carbons (Fsp3) is 0.360. The third-order valence-electron chi connectivity index (χ3n) is 5.74. The van der Waals surface area contributed by atoms with Crippen LogP contribution in [-0.4, -0.2) is 53.4 Å². The van der Waals surface area contributed by atoms with Gasteiger partial charge < -0.3 is 14.5 Å². The molecule has 0 unspecified atom stereocenters. The van der Waals surface area contributed by atoms with Crippen molar-refractivity contribution in [3.8, 4) is 16.9 Å². The van der Waals surface area contributed by atoms with Crippen molar-refractivity contribution in [1.29, 1.82) is 0 Å². The molecule has 0 N–H and O–H groups in total. The van der Waals surface area contributed by atoms with E-state index in [9.17, 15) is 4.79 Å². The molecule has 0 spiro atoms. The molecule has 6 nitrogen and oxygen atoms in total. The lowest BCUT2D eigenvalue weighted by Crippen LogP contribution is -2.49. The van der Waals surface area contributed by atoms with Crippen LogP contribution in [0.3, 0.4) is 0 Å². The van der Waals surface area contributed by atoms with Gasteiger partial charge in [-0.25, -0.2) is 0 Å². The molecule has 1 saturated heterocycles. The summed E-state index contributed by atoms with van der Waals surface area (Å²) in [5.41, 5.74) is 5.54. The van der Waals surface area contributed by atoms with E-state index in [1.165, 1.54) is 16.8 Å². The Kier molecular flexibility index (Phi) is 6.26. The number of anilines is 1. The molecule has 4 rings (SSSR count). The molecule has 0 saturated carbocycles. The van der Waals surface area contributed by atoms with Gasteiger partial charge in [0.2, 0.25) is 5.91 Å². The lowest BCUT2D eigenvalue weighted by Gasteiger charge is -2.37. The van der Waals surface area contributed by atoms with Crippen LogP contribution in [0.25, 0.3) is 11.1 Å². The summed E-state index contributed by atoms with van der Waals surface area (Å²) in [6.45, 7) is 9.97. The van der Waals surface area contributed by atoms with Crippen molar-refractivity contribution in [3.05, 3.63) is 66.0 Å². The number of ether oxygens (including phenoxy) is 1. The van der Waals surface area contributed by atoms with Crippen LogP contribution in [0.2, 0.25) is 0 Å². The maximum Gasteiger partial charge on any atom is 0.244 e. The van der Waals surface area contributed by atoms with Gasteiger partial charge in [-0.1, -0.05) is 30.3 Å². The summed E-state index contributed by atoms with van der Waals surface area (Å²) in [5.74, 6) is 1.02. The standard InChI is InChI=1S/C25H30N4O2/c1-4-31-22-11-9-21(10-12-22)23-7-5-6-8-24(23)27-13-15-28(16-14-27)25(30)18-29-20(3)17-19(2)26-29/h5-12,17H,4,13-16,18H2,1-3H3. The fourth-order valence-corrected chi connectivity index (χ4v) is 4.15. The van der Waals surface area contributed by atoms with Crippen LogP contribution in [0, 0.1) is 13.8 Å². The molecule has 0 radical (unpaired) electrons. The Morgan fingerprint density at radius 2 is 1.71 bits per heavy atom. The molecule has 1 amide bonds. The van der Waals surface area contributed by atoms with E-state index in [4.69, 9.17) is 4.74 Å². The van der Waals surface area contributed by atoms with Gasteiger partial charge in [-0.2, -0.15) is 5.10 Å². The number of hydrogen-bond acceptors (Lipinski definition) is 4. The second-order valence-electron chi connectivity index (χ2n) is 7.93. The molecule has 1 aromatic heterocycles. The molecule has 1 aliphatic heterocycles. The molecule has 31 heavy (non-hydrogen) atoms. The Balaban J connectivity index is 1.43. The summed E-state index contributed by atoms with van der Waals surface area (Å²) in [6.07, 6.45) is 0. The van der Waals surface area contributed by atoms with E-state index in [-0.39, 0.29) is 5.91 Å². The molecular weight excluding hydrogens is 388 g/mol. The van der Waals surface area contributed by atoms with Crippen molar-refractivity contribution in [1.82, 2.24) is 14.7 Å². The number of hydrogen-bond donors (Lipinski definition) is 0. The van der Waals surface area contributed by atoms with Crippen molar-refractivity contribution in [2.45, 2.75) is 27.3 Å². The molecule has 0 aliphatic carbocycles. The highest BCUT2D eigenvalue weighted by atomic mass is 16.5. The summed E-state index contributed by atoms with van der Waals surface area (Å²) in [5, 5.41) is 4.42. The first-order valence-electron chi connectivity index (χ1n) is 10.9. The number of amides is 1. The summed E-state index contributed by atoms with van der Waals surface area (Å²) in [4.78, 5) is 17.1. The Hall–Kier alpha value is -3.28. The van der Waals surface area contributed by atoms with Gasteiger partial charge in [0.05, 0.1) is 12.3 Å². The highest BCUT2D eigenvalue weighted by molar-refractivity contribution is 5.80. The number of aryl methyl sites for hydroxylation is 2. The molecular formula is C25H30N4O2. The summed E-state index contributed by atoms with van der Waals surface area (Å²) in [7, 11) is 0. The van der Waals surface area contributed by atoms with E-state index in [0.717, 1.165) is 43.3 Å². The second-order valence-corrected chi connectivity index (χ2v) is 7.93. The van der Waals surface area contributed by atoms with Crippen LogP contribution < -0.4 is 9.64 Å². The van der Waals surface area contributed by atoms with Crippen molar-refractivity contribution < 1.29 is 9.53 Å². The summed E-state index contributed by atoms with van der Waals surface area (Å²) < 4.78 is 7.37. The van der Waals surface area contributed by atoms with Crippen molar-refractivity contribution >= 4 is 11.6 Å². The van der Waals surface area contributed by atoms with Crippen molar-refractivity contribution in [3.63, 3.8) is 0 Å². The molecule has 1 fully saturated rings. The molecule has 2 aromatic carbocycles. The van der Waals surface area contributed by atoms with Crippen LogP contribution >= 0.6 is 0 Å². The maximum absolute atomic E-state index is 12.8. The lowest BCUT2D eigenvalue weighted by atomic mass is 10.0. The zero-order valence-electron chi connectivity index (χ0n) is 18.5. The largest absolute Gasteiger partial charge is 0.494 e. The third-order valence-corrected chi connectivity index (χ3v) is 5.74. The monoisotopic (exact) mass is 418 g/mol. The van der Waals surface area contributed by atoms with Crippen molar-refractivity contribution in [2.75, 3.05) is 37.7 Å². The molecule has 162 valence electrons. The second kappa shape index (κ2) is 9.25. The Morgan fingerprint density at radius 3 is 2.35 bits per heavy atom. The number of carbonyl (C=O) groups is 1. The van der Waals surface area contributed by atoms with Gasteiger partial charge in [0.15, 0.2) is 0 Å². The smallest absolute Gasteiger partial charge is 0.244 e. The quantitative estimate of drug-likeness (QED) is 0.609. The Bertz CT molecular complexity index is 1030. The maximum atomic E-state index is 12.8. The van der Waals surface area contributed by atoms with Crippen LogP contribution in [0.15, 0.2) is 54.6 Å². The van der Waals surface area contributed by atoms with Gasteiger partial charge in [0.25, 0.3) is 0 Å². The van der Waals surface area contributed by atoms with E-state index < -0.39 is 0 Å². The minimum absolute atomic E-state index is 0.130. The molecule has 2 heterocycles. The zero-order chi connectivity index (χ0) is 21.8. The minimum atomic E-state index is 0.130. The van der Waals surface area contributed by atoms with Crippen LogP contribution in [0.1, 0.15) is 18.3 Å². The van der Waals surface area contributed by atoms with Crippen LogP contribution in [-0.2, 0) is 11.3 Å². The topological polar surface area (TPSA) is 50.6 Å². The number of benzene rings is 2. The number of rotatable bonds is 6. The molecule has 0 bridgehead atoms. The van der Waals surface area contributed by atoms with Gasteiger partial charge in [-0.3, -0.25) is 9.48 Å². The highest BCUT2D eigenvalue weighted by Gasteiger charge is 2.23. The first-order chi connectivity index (χ1) is 15.0. The average molecular weight is 419 g/mol. The molecule has 0 atom stereocenters. The first kappa shape index (κ1) is 21.0. The number of carbonyl (C=O) groups excluding carboxylic acids is 1. The number of piperazine rings is 1. The Morgan fingerprint density at radius 1 is 1.00 bits per heavy atom. The van der Waals surface area contributed by atoms with Gasteiger partial charge in [0.1, 0.15) is 12.3 Å². The Labute approximate surface area is 184 Å². The number of para-hydroxylation sites is 1. The van der Waals surface area contributed by atoms with E-state index in [1.807, 2.05) is 43.9 Å². The molecule has 3 aromatic rings. The number of aromatic nitrogens is 2. The zero-order valence-corrected chi connectivity index (χ0v) is 18.5. The number of nitrogens with zero attached hydrogens (tertiary/aromatic N) is 4. The normalized spacial score (nSPS) is 14.0. The highest BCUT2D eigenvalue weighted by Crippen LogP contribution is 2.32. The first-order valence-corrected chi connectivity index (χ1v) is 10.9. The predicted molar refractivity (Wildman–Crippen MR) is 124 cm³/mol. The van der Waals surface area contributed by atoms with E-state index in [2.05, 4.69) is 46.4 Å². The predicted octanol–water partition coefficient (Wildman–Crippen LogP) is 3.91. The molecule has 6 heteroatoms.